The van der Waals surface area contributed by atoms with E-state index in [9.17, 15) is 9.59 Å². The maximum Gasteiger partial charge on any atom is 0.262 e. The summed E-state index contributed by atoms with van der Waals surface area (Å²) in [6.45, 7) is 5.25. The van der Waals surface area contributed by atoms with Crippen LogP contribution in [0.1, 0.15) is 18.9 Å². The molecule has 2 aromatic carbocycles. The van der Waals surface area contributed by atoms with Crippen LogP contribution in [0.3, 0.4) is 0 Å². The van der Waals surface area contributed by atoms with Crippen LogP contribution in [0.15, 0.2) is 52.4 Å². The second kappa shape index (κ2) is 11.9. The van der Waals surface area contributed by atoms with Crippen molar-refractivity contribution in [2.45, 2.75) is 31.5 Å². The highest BCUT2D eigenvalue weighted by molar-refractivity contribution is 7.99. The zero-order chi connectivity index (χ0) is 23.8. The molecule has 1 N–H and O–H groups in total. The summed E-state index contributed by atoms with van der Waals surface area (Å²) in [7, 11) is 0. The highest BCUT2D eigenvalue weighted by Crippen LogP contribution is 2.30. The van der Waals surface area contributed by atoms with Gasteiger partial charge in [-0.05, 0) is 49.6 Å². The molecule has 2 heterocycles. The van der Waals surface area contributed by atoms with Crippen LogP contribution in [0.4, 0.5) is 0 Å². The highest BCUT2D eigenvalue weighted by Gasteiger charge is 2.14. The van der Waals surface area contributed by atoms with Crippen LogP contribution >= 0.6 is 11.8 Å². The average molecular weight is 484 g/mol. The zero-order valence-corrected chi connectivity index (χ0v) is 20.1. The molecule has 3 aromatic rings. The van der Waals surface area contributed by atoms with Crippen LogP contribution in [0.5, 0.6) is 11.5 Å². The first-order valence-electron chi connectivity index (χ1n) is 11.5. The number of para-hydroxylation sites is 1. The van der Waals surface area contributed by atoms with E-state index >= 15 is 0 Å². The Labute approximate surface area is 202 Å². The molecular formula is C25H29N3O5S. The fraction of sp³-hybridized carbons (Fsp3) is 0.400. The number of benzene rings is 2. The normalized spacial score (nSPS) is 12.6. The van der Waals surface area contributed by atoms with Gasteiger partial charge in [0.2, 0.25) is 5.91 Å². The first-order valence-corrected chi connectivity index (χ1v) is 12.5. The fourth-order valence-corrected chi connectivity index (χ4v) is 4.55. The van der Waals surface area contributed by atoms with E-state index in [4.69, 9.17) is 14.2 Å². The molecule has 0 aliphatic carbocycles. The molecule has 0 bridgehead atoms. The molecule has 0 unspecified atom stereocenters. The minimum atomic E-state index is -0.106. The Morgan fingerprint density at radius 1 is 1.18 bits per heavy atom. The number of ether oxygens (including phenoxy) is 3. The van der Waals surface area contributed by atoms with Crippen molar-refractivity contribution in [3.05, 3.63) is 58.4 Å². The summed E-state index contributed by atoms with van der Waals surface area (Å²) in [4.78, 5) is 30.2. The van der Waals surface area contributed by atoms with Gasteiger partial charge >= 0.3 is 0 Å². The van der Waals surface area contributed by atoms with E-state index < -0.39 is 0 Å². The molecule has 1 amide bonds. The number of nitrogens with zero attached hydrogens (tertiary/aromatic N) is 2. The Kier molecular flexibility index (Phi) is 8.43. The molecule has 0 saturated heterocycles. The zero-order valence-electron chi connectivity index (χ0n) is 19.2. The van der Waals surface area contributed by atoms with Crippen LogP contribution in [-0.4, -0.2) is 54.2 Å². The summed E-state index contributed by atoms with van der Waals surface area (Å²) < 4.78 is 18.2. The van der Waals surface area contributed by atoms with Gasteiger partial charge in [0.15, 0.2) is 16.7 Å². The number of nitrogens with one attached hydrogen (secondary N) is 1. The molecule has 180 valence electrons. The van der Waals surface area contributed by atoms with Crippen LogP contribution in [0, 0.1) is 0 Å². The molecule has 34 heavy (non-hydrogen) atoms. The predicted molar refractivity (Wildman–Crippen MR) is 132 cm³/mol. The molecule has 8 nitrogen and oxygen atoms in total. The van der Waals surface area contributed by atoms with E-state index in [1.807, 2.05) is 43.3 Å². The van der Waals surface area contributed by atoms with Gasteiger partial charge in [-0.15, -0.1) is 0 Å². The summed E-state index contributed by atoms with van der Waals surface area (Å²) in [5.74, 6) is 1.57. The van der Waals surface area contributed by atoms with E-state index in [1.165, 1.54) is 11.8 Å². The van der Waals surface area contributed by atoms with Crippen LogP contribution in [0.25, 0.3) is 10.9 Å². The molecule has 0 radical (unpaired) electrons. The summed E-state index contributed by atoms with van der Waals surface area (Å²) in [5.41, 5.74) is 1.61. The molecule has 0 fully saturated rings. The minimum Gasteiger partial charge on any atom is -0.486 e. The predicted octanol–water partition coefficient (Wildman–Crippen LogP) is 3.05. The van der Waals surface area contributed by atoms with Crippen LogP contribution in [0.2, 0.25) is 0 Å². The molecule has 9 heteroatoms. The van der Waals surface area contributed by atoms with Gasteiger partial charge < -0.3 is 19.5 Å². The van der Waals surface area contributed by atoms with Gasteiger partial charge in [0.05, 0.1) is 16.7 Å². The number of carbonyl (C=O) groups is 1. The first-order chi connectivity index (χ1) is 16.7. The summed E-state index contributed by atoms with van der Waals surface area (Å²) >= 11 is 1.28. The Balaban J connectivity index is 1.35. The minimum absolute atomic E-state index is 0.0939. The number of thioether (sulfide) groups is 1. The Hall–Kier alpha value is -3.04. The standard InChI is InChI=1S/C25H29N3O5S/c1-2-31-13-5-12-28-24(30)19-6-3-4-7-20(19)27-25(28)34-17-23(29)26-11-10-18-8-9-21-22(16-18)33-15-14-32-21/h3-4,6-9,16H,2,5,10-15,17H2,1H3,(H,26,29). The second-order valence-electron chi connectivity index (χ2n) is 7.79. The van der Waals surface area contributed by atoms with Gasteiger partial charge in [0.25, 0.3) is 5.56 Å². The maximum atomic E-state index is 13.0. The largest absolute Gasteiger partial charge is 0.486 e. The van der Waals surface area contributed by atoms with Gasteiger partial charge in [-0.2, -0.15) is 0 Å². The van der Waals surface area contributed by atoms with E-state index in [-0.39, 0.29) is 17.2 Å². The van der Waals surface area contributed by atoms with E-state index in [0.717, 1.165) is 17.1 Å². The smallest absolute Gasteiger partial charge is 0.262 e. The Morgan fingerprint density at radius 3 is 2.85 bits per heavy atom. The van der Waals surface area contributed by atoms with Crippen LogP contribution < -0.4 is 20.3 Å². The molecule has 0 spiro atoms. The van der Waals surface area contributed by atoms with Gasteiger partial charge in [-0.25, -0.2) is 4.98 Å². The monoisotopic (exact) mass is 483 g/mol. The first kappa shape index (κ1) is 24.1. The third kappa shape index (κ3) is 6.09. The summed E-state index contributed by atoms with van der Waals surface area (Å²) in [5, 5.41) is 4.07. The third-order valence-corrected chi connectivity index (χ3v) is 6.35. The lowest BCUT2D eigenvalue weighted by Crippen LogP contribution is -2.28. The second-order valence-corrected chi connectivity index (χ2v) is 8.73. The lowest BCUT2D eigenvalue weighted by atomic mass is 10.1. The number of hydrogen-bond acceptors (Lipinski definition) is 7. The van der Waals surface area contributed by atoms with Crippen LogP contribution in [-0.2, 0) is 22.5 Å². The lowest BCUT2D eigenvalue weighted by molar-refractivity contribution is -0.118. The number of hydrogen-bond donors (Lipinski definition) is 1. The SMILES string of the molecule is CCOCCCn1c(SCC(=O)NCCc2ccc3c(c2)OCCO3)nc2ccccc2c1=O. The summed E-state index contributed by atoms with van der Waals surface area (Å²) in [6, 6.07) is 13.1. The third-order valence-electron chi connectivity index (χ3n) is 5.38. The van der Waals surface area contributed by atoms with E-state index in [2.05, 4.69) is 10.3 Å². The molecule has 4 rings (SSSR count). The molecular weight excluding hydrogens is 454 g/mol. The van der Waals surface area contributed by atoms with Crippen molar-refractivity contribution in [3.8, 4) is 11.5 Å². The Morgan fingerprint density at radius 2 is 2.00 bits per heavy atom. The van der Waals surface area contributed by atoms with Crippen molar-refractivity contribution in [2.75, 3.05) is 38.7 Å². The van der Waals surface area contributed by atoms with E-state index in [1.54, 1.807) is 10.6 Å². The van der Waals surface area contributed by atoms with E-state index in [0.29, 0.717) is 68.4 Å². The number of amides is 1. The van der Waals surface area contributed by atoms with Gasteiger partial charge in [0.1, 0.15) is 13.2 Å². The fourth-order valence-electron chi connectivity index (χ4n) is 3.69. The number of aromatic nitrogens is 2. The molecule has 1 aromatic heterocycles. The highest BCUT2D eigenvalue weighted by atomic mass is 32.2. The molecule has 1 aliphatic heterocycles. The van der Waals surface area contributed by atoms with Crippen molar-refractivity contribution >= 4 is 28.6 Å². The summed E-state index contributed by atoms with van der Waals surface area (Å²) in [6.07, 6.45) is 1.38. The van der Waals surface area contributed by atoms with Crippen molar-refractivity contribution < 1.29 is 19.0 Å². The topological polar surface area (TPSA) is 91.7 Å². The van der Waals surface area contributed by atoms with Crippen molar-refractivity contribution in [1.82, 2.24) is 14.9 Å². The molecule has 0 atom stereocenters. The number of fused-ring (bicyclic) bond motifs is 2. The lowest BCUT2D eigenvalue weighted by Gasteiger charge is -2.18. The van der Waals surface area contributed by atoms with Crippen molar-refractivity contribution in [2.24, 2.45) is 0 Å². The molecule has 0 saturated carbocycles. The average Bonchev–Trinajstić information content (AvgIpc) is 2.86. The van der Waals surface area contributed by atoms with Gasteiger partial charge in [-0.1, -0.05) is 30.0 Å². The van der Waals surface area contributed by atoms with Crippen molar-refractivity contribution in [1.29, 1.82) is 0 Å². The molecule has 1 aliphatic rings. The van der Waals surface area contributed by atoms with Gasteiger partial charge in [0, 0.05) is 26.3 Å². The van der Waals surface area contributed by atoms with Crippen molar-refractivity contribution in [3.63, 3.8) is 0 Å². The van der Waals surface area contributed by atoms with Gasteiger partial charge in [-0.3, -0.25) is 14.2 Å². The quantitative estimate of drug-likeness (QED) is 0.255. The number of rotatable bonds is 11. The Bertz CT molecular complexity index is 1200. The number of carbonyl (C=O) groups excluding carboxylic acids is 1. The maximum absolute atomic E-state index is 13.0.